The molecule has 8 nitrogen and oxygen atoms in total. The largest absolute Gasteiger partial charge is 0.394 e. The SMILES string of the molecule is CC.CCC(CO)N1/C=C(/C)CN=C(C2=CC(C#N)N=C(N3CCOCC3)S2)/C(C)=N\C1C. The summed E-state index contributed by atoms with van der Waals surface area (Å²) in [5, 5.41) is 20.3. The van der Waals surface area contributed by atoms with Crippen molar-refractivity contribution in [3.8, 4) is 6.07 Å². The summed E-state index contributed by atoms with van der Waals surface area (Å²) in [7, 11) is 0. The molecular formula is C24H38N6O2S. The van der Waals surface area contributed by atoms with Crippen LogP contribution >= 0.6 is 11.8 Å². The van der Waals surface area contributed by atoms with Gasteiger partial charge in [-0.2, -0.15) is 5.26 Å². The van der Waals surface area contributed by atoms with Crippen LogP contribution in [0.4, 0.5) is 0 Å². The summed E-state index contributed by atoms with van der Waals surface area (Å²) in [6, 6.07) is 1.74. The molecule has 0 amide bonds. The maximum absolute atomic E-state index is 9.83. The van der Waals surface area contributed by atoms with Crippen LogP contribution in [-0.2, 0) is 4.74 Å². The molecule has 9 heteroatoms. The molecule has 0 aromatic heterocycles. The molecule has 0 radical (unpaired) electrons. The van der Waals surface area contributed by atoms with Crippen molar-refractivity contribution in [2.24, 2.45) is 15.0 Å². The summed E-state index contributed by atoms with van der Waals surface area (Å²) in [5.41, 5.74) is 2.73. The van der Waals surface area contributed by atoms with E-state index in [1.807, 2.05) is 40.7 Å². The van der Waals surface area contributed by atoms with Crippen molar-refractivity contribution in [1.29, 1.82) is 5.26 Å². The molecule has 0 aromatic rings. The van der Waals surface area contributed by atoms with Gasteiger partial charge in [-0.15, -0.1) is 0 Å². The minimum absolute atomic E-state index is 0.00865. The van der Waals surface area contributed by atoms with E-state index in [9.17, 15) is 10.4 Å². The van der Waals surface area contributed by atoms with E-state index < -0.39 is 6.04 Å². The van der Waals surface area contributed by atoms with Gasteiger partial charge in [0.2, 0.25) is 0 Å². The lowest BCUT2D eigenvalue weighted by atomic mass is 10.1. The third kappa shape index (κ3) is 7.16. The van der Waals surface area contributed by atoms with E-state index >= 15 is 0 Å². The van der Waals surface area contributed by atoms with Gasteiger partial charge in [0, 0.05) is 24.2 Å². The van der Waals surface area contributed by atoms with E-state index in [1.165, 1.54) is 0 Å². The second-order valence-electron chi connectivity index (χ2n) is 7.90. The van der Waals surface area contributed by atoms with Crippen LogP contribution in [0.2, 0.25) is 0 Å². The smallest absolute Gasteiger partial charge is 0.165 e. The average Bonchev–Trinajstić information content (AvgIpc) is 2.90. The predicted molar refractivity (Wildman–Crippen MR) is 138 cm³/mol. The molecular weight excluding hydrogens is 436 g/mol. The zero-order chi connectivity index (χ0) is 24.4. The Morgan fingerprint density at radius 3 is 2.58 bits per heavy atom. The number of nitrogens with zero attached hydrogens (tertiary/aromatic N) is 6. The number of thioether (sulfide) groups is 1. The molecule has 1 fully saturated rings. The highest BCUT2D eigenvalue weighted by molar-refractivity contribution is 8.18. The topological polar surface area (TPSA) is 96.8 Å². The van der Waals surface area contributed by atoms with Crippen LogP contribution in [0.25, 0.3) is 0 Å². The summed E-state index contributed by atoms with van der Waals surface area (Å²) in [6.07, 6.45) is 4.65. The van der Waals surface area contributed by atoms with E-state index in [1.54, 1.807) is 11.8 Å². The van der Waals surface area contributed by atoms with Gasteiger partial charge < -0.3 is 19.6 Å². The van der Waals surface area contributed by atoms with Crippen LogP contribution in [0.15, 0.2) is 37.7 Å². The summed E-state index contributed by atoms with van der Waals surface area (Å²) >= 11 is 1.55. The summed E-state index contributed by atoms with van der Waals surface area (Å²) < 4.78 is 5.46. The molecule has 1 N–H and O–H groups in total. The molecule has 3 aliphatic rings. The molecule has 33 heavy (non-hydrogen) atoms. The minimum atomic E-state index is -0.540. The lowest BCUT2D eigenvalue weighted by Gasteiger charge is -2.33. The van der Waals surface area contributed by atoms with E-state index in [2.05, 4.69) is 34.0 Å². The Hall–Kier alpha value is -2.15. The van der Waals surface area contributed by atoms with E-state index in [4.69, 9.17) is 14.7 Å². The number of morpholine rings is 1. The average molecular weight is 475 g/mol. The summed E-state index contributed by atoms with van der Waals surface area (Å²) in [6.45, 7) is 15.6. The van der Waals surface area contributed by atoms with Gasteiger partial charge in [0.15, 0.2) is 11.2 Å². The number of amidine groups is 1. The van der Waals surface area contributed by atoms with Gasteiger partial charge in [0.1, 0.15) is 6.17 Å². The number of rotatable bonds is 4. The first-order chi connectivity index (χ1) is 16.0. The first-order valence-corrected chi connectivity index (χ1v) is 12.6. The van der Waals surface area contributed by atoms with Crippen molar-refractivity contribution < 1.29 is 9.84 Å². The van der Waals surface area contributed by atoms with Crippen LogP contribution in [0.5, 0.6) is 0 Å². The first kappa shape index (κ1) is 27.1. The molecule has 3 heterocycles. The molecule has 0 spiro atoms. The van der Waals surface area contributed by atoms with Crippen LogP contribution in [-0.4, -0.2) is 89.2 Å². The normalized spacial score (nSPS) is 28.0. The molecule has 0 saturated carbocycles. The zero-order valence-corrected chi connectivity index (χ0v) is 21.6. The Morgan fingerprint density at radius 1 is 1.27 bits per heavy atom. The number of allylic oxidation sites excluding steroid dienone is 1. The number of aliphatic imine (C=N–C) groups is 3. The Morgan fingerprint density at radius 2 is 1.97 bits per heavy atom. The molecule has 0 bridgehead atoms. The van der Waals surface area contributed by atoms with E-state index in [0.717, 1.165) is 46.6 Å². The van der Waals surface area contributed by atoms with Gasteiger partial charge in [0.05, 0.1) is 49.9 Å². The molecule has 3 unspecified atom stereocenters. The van der Waals surface area contributed by atoms with E-state index in [-0.39, 0.29) is 18.8 Å². The highest BCUT2D eigenvalue weighted by Crippen LogP contribution is 2.29. The second kappa shape index (κ2) is 13.5. The lowest BCUT2D eigenvalue weighted by Crippen LogP contribution is -2.41. The van der Waals surface area contributed by atoms with Gasteiger partial charge >= 0.3 is 0 Å². The van der Waals surface area contributed by atoms with Gasteiger partial charge in [-0.05, 0) is 38.8 Å². The maximum atomic E-state index is 9.83. The van der Waals surface area contributed by atoms with Crippen molar-refractivity contribution in [1.82, 2.24) is 9.80 Å². The van der Waals surface area contributed by atoms with Crippen molar-refractivity contribution in [3.05, 3.63) is 22.8 Å². The van der Waals surface area contributed by atoms with Crippen molar-refractivity contribution in [2.75, 3.05) is 39.5 Å². The quantitative estimate of drug-likeness (QED) is 0.670. The van der Waals surface area contributed by atoms with Gasteiger partial charge in [0.25, 0.3) is 0 Å². The Kier molecular flexibility index (Phi) is 11.1. The number of aliphatic hydroxyl groups excluding tert-OH is 1. The fraction of sp³-hybridized carbons (Fsp3) is 0.667. The molecule has 0 aromatic carbocycles. The lowest BCUT2D eigenvalue weighted by molar-refractivity contribution is 0.0692. The van der Waals surface area contributed by atoms with Crippen LogP contribution in [0.1, 0.15) is 48.0 Å². The van der Waals surface area contributed by atoms with Gasteiger partial charge in [-0.1, -0.05) is 32.5 Å². The number of ether oxygens (including phenoxy) is 1. The van der Waals surface area contributed by atoms with Crippen molar-refractivity contribution in [2.45, 2.75) is 66.2 Å². The first-order valence-electron chi connectivity index (χ1n) is 11.8. The highest BCUT2D eigenvalue weighted by atomic mass is 32.2. The molecule has 182 valence electrons. The summed E-state index contributed by atoms with van der Waals surface area (Å²) in [4.78, 5) is 19.6. The molecule has 3 rings (SSSR count). The highest BCUT2D eigenvalue weighted by Gasteiger charge is 2.27. The Bertz CT molecular complexity index is 848. The van der Waals surface area contributed by atoms with Crippen molar-refractivity contribution in [3.63, 3.8) is 0 Å². The Labute approximate surface area is 202 Å². The fourth-order valence-electron chi connectivity index (χ4n) is 3.78. The van der Waals surface area contributed by atoms with Crippen LogP contribution in [0, 0.1) is 11.3 Å². The van der Waals surface area contributed by atoms with Crippen molar-refractivity contribution >= 4 is 28.4 Å². The maximum Gasteiger partial charge on any atom is 0.165 e. The minimum Gasteiger partial charge on any atom is -0.394 e. The number of hydrogen-bond donors (Lipinski definition) is 1. The molecule has 3 atom stereocenters. The summed E-state index contributed by atoms with van der Waals surface area (Å²) in [5.74, 6) is 0. The monoisotopic (exact) mass is 474 g/mol. The van der Waals surface area contributed by atoms with Crippen LogP contribution in [0.3, 0.4) is 0 Å². The molecule has 1 saturated heterocycles. The van der Waals surface area contributed by atoms with Gasteiger partial charge in [-0.3, -0.25) is 9.98 Å². The molecule has 0 aliphatic carbocycles. The fourth-order valence-corrected chi connectivity index (χ4v) is 4.96. The zero-order valence-electron chi connectivity index (χ0n) is 20.8. The second-order valence-corrected chi connectivity index (χ2v) is 8.91. The third-order valence-electron chi connectivity index (χ3n) is 5.52. The Balaban J connectivity index is 0.00000187. The predicted octanol–water partition coefficient (Wildman–Crippen LogP) is 3.46. The third-order valence-corrected chi connectivity index (χ3v) is 6.62. The van der Waals surface area contributed by atoms with Gasteiger partial charge in [-0.25, -0.2) is 4.99 Å². The standard InChI is InChI=1S/C22H32N6O2S.C2H6/c1-5-19(14-29)28-13-15(2)12-24-21(16(3)25-17(28)4)20-10-18(11-23)26-22(31-20)27-6-8-30-9-7-27;1-2/h10,13,17-19,29H,5-9,12,14H2,1-4H3;1-2H3/b15-13-,24-21?,25-16-;. The number of nitriles is 1. The number of aliphatic hydroxyl groups is 1. The van der Waals surface area contributed by atoms with Crippen LogP contribution < -0.4 is 0 Å². The molecule has 3 aliphatic heterocycles. The number of hydrogen-bond acceptors (Lipinski definition) is 9. The van der Waals surface area contributed by atoms with E-state index in [0.29, 0.717) is 19.8 Å².